The zero-order chi connectivity index (χ0) is 16.4. The molecule has 1 atom stereocenters. The molecule has 0 spiro atoms. The number of nitrogens with one attached hydrogen (secondary N) is 1. The van der Waals surface area contributed by atoms with Gasteiger partial charge in [0.2, 0.25) is 5.95 Å². The van der Waals surface area contributed by atoms with Gasteiger partial charge >= 0.3 is 0 Å². The van der Waals surface area contributed by atoms with Crippen LogP contribution < -0.4 is 5.32 Å². The molecule has 1 aromatic rings. The van der Waals surface area contributed by atoms with Crippen LogP contribution >= 0.6 is 0 Å². The topological polar surface area (TPSA) is 70.9 Å². The maximum atomic E-state index is 14.3. The van der Waals surface area contributed by atoms with Gasteiger partial charge in [0.15, 0.2) is 5.82 Å². The number of anilines is 1. The van der Waals surface area contributed by atoms with Gasteiger partial charge in [0.05, 0.1) is 0 Å². The van der Waals surface area contributed by atoms with Crippen LogP contribution in [0.2, 0.25) is 0 Å². The Hall–Kier alpha value is -1.56. The normalized spacial score (nSPS) is 21.9. The molecular weight excluding hydrogens is 295 g/mol. The number of hydrogen-bond donors (Lipinski definition) is 2. The Morgan fingerprint density at radius 1 is 1.22 bits per heavy atom. The molecule has 0 radical (unpaired) electrons. The predicted octanol–water partition coefficient (Wildman–Crippen LogP) is 3.26. The summed E-state index contributed by atoms with van der Waals surface area (Å²) in [6, 6.07) is 0.430. The van der Waals surface area contributed by atoms with Crippen molar-refractivity contribution in [3.05, 3.63) is 17.5 Å². The Morgan fingerprint density at radius 3 is 2.70 bits per heavy atom. The van der Waals surface area contributed by atoms with E-state index in [9.17, 15) is 9.50 Å². The highest BCUT2D eigenvalue weighted by Crippen LogP contribution is 2.32. The Morgan fingerprint density at radius 2 is 2.00 bits per heavy atom. The van der Waals surface area contributed by atoms with Crippen molar-refractivity contribution in [1.82, 2.24) is 15.0 Å². The minimum Gasteiger partial charge on any atom is -0.386 e. The Kier molecular flexibility index (Phi) is 4.90. The second kappa shape index (κ2) is 6.91. The summed E-state index contributed by atoms with van der Waals surface area (Å²) in [5, 5.41) is 13.0. The predicted molar refractivity (Wildman–Crippen MR) is 87.5 cm³/mol. The first-order valence-corrected chi connectivity index (χ1v) is 8.61. The molecule has 0 bridgehead atoms. The highest BCUT2D eigenvalue weighted by molar-refractivity contribution is 5.64. The van der Waals surface area contributed by atoms with Crippen LogP contribution in [0.25, 0.3) is 5.57 Å². The number of rotatable bonds is 6. The molecule has 5 nitrogen and oxygen atoms in total. The summed E-state index contributed by atoms with van der Waals surface area (Å²) in [5.74, 6) is 1.71. The van der Waals surface area contributed by atoms with Gasteiger partial charge in [0.1, 0.15) is 17.8 Å². The average Bonchev–Trinajstić information content (AvgIpc) is 3.31. The molecule has 2 aliphatic carbocycles. The zero-order valence-corrected chi connectivity index (χ0v) is 13.8. The van der Waals surface area contributed by atoms with E-state index in [2.05, 4.69) is 34.1 Å². The van der Waals surface area contributed by atoms with Crippen LogP contribution in [0.4, 0.5) is 10.3 Å². The van der Waals surface area contributed by atoms with Crippen LogP contribution in [0.1, 0.15) is 64.0 Å². The van der Waals surface area contributed by atoms with Crippen molar-refractivity contribution in [2.24, 2.45) is 5.92 Å². The summed E-state index contributed by atoms with van der Waals surface area (Å²) in [6.07, 6.45) is 4.75. The van der Waals surface area contributed by atoms with Crippen molar-refractivity contribution in [2.75, 3.05) is 5.32 Å². The molecule has 3 rings (SSSR count). The van der Waals surface area contributed by atoms with Gasteiger partial charge in [0.25, 0.3) is 0 Å². The number of allylic oxidation sites excluding steroid dienone is 1. The average molecular weight is 320 g/mol. The monoisotopic (exact) mass is 320 g/mol. The number of nitrogens with zero attached hydrogens (tertiary/aromatic N) is 3. The van der Waals surface area contributed by atoms with E-state index in [0.717, 1.165) is 32.1 Å². The van der Waals surface area contributed by atoms with Gasteiger partial charge in [-0.2, -0.15) is 9.97 Å². The van der Waals surface area contributed by atoms with Crippen LogP contribution in [0, 0.1) is 5.92 Å². The minimum absolute atomic E-state index is 0.387. The Bertz CT molecular complexity index is 598. The first kappa shape index (κ1) is 16.3. The maximum Gasteiger partial charge on any atom is 0.226 e. The zero-order valence-electron chi connectivity index (χ0n) is 13.8. The van der Waals surface area contributed by atoms with E-state index >= 15 is 0 Å². The van der Waals surface area contributed by atoms with E-state index < -0.39 is 11.9 Å². The number of aromatic nitrogens is 3. The number of aliphatic hydroxyl groups excluding tert-OH is 1. The summed E-state index contributed by atoms with van der Waals surface area (Å²) in [4.78, 5) is 13.4. The molecule has 2 N–H and O–H groups in total. The van der Waals surface area contributed by atoms with Crippen molar-refractivity contribution in [3.8, 4) is 0 Å². The number of aryl methyl sites for hydroxylation is 1. The number of hydrogen-bond acceptors (Lipinski definition) is 5. The fourth-order valence-corrected chi connectivity index (χ4v) is 2.70. The lowest BCUT2D eigenvalue weighted by Gasteiger charge is -2.19. The van der Waals surface area contributed by atoms with Crippen molar-refractivity contribution in [3.63, 3.8) is 0 Å². The molecule has 1 saturated carbocycles. The van der Waals surface area contributed by atoms with Gasteiger partial charge in [-0.1, -0.05) is 13.8 Å². The SMILES string of the molecule is CC(C)CCc1nc(NC2CC2)nc(C2=C(F)C(O)CCC2)n1. The van der Waals surface area contributed by atoms with Crippen LogP contribution in [-0.4, -0.2) is 32.2 Å². The van der Waals surface area contributed by atoms with Gasteiger partial charge in [0, 0.05) is 18.0 Å². The minimum atomic E-state index is -1.02. The van der Waals surface area contributed by atoms with E-state index in [1.165, 1.54) is 0 Å². The van der Waals surface area contributed by atoms with E-state index in [1.54, 1.807) is 0 Å². The summed E-state index contributed by atoms with van der Waals surface area (Å²) in [7, 11) is 0. The number of aliphatic hydroxyl groups is 1. The third-order valence-electron chi connectivity index (χ3n) is 4.29. The molecule has 126 valence electrons. The smallest absolute Gasteiger partial charge is 0.226 e. The van der Waals surface area contributed by atoms with Crippen LogP contribution in [0.15, 0.2) is 5.83 Å². The van der Waals surface area contributed by atoms with Gasteiger partial charge in [-0.15, -0.1) is 0 Å². The maximum absolute atomic E-state index is 14.3. The Balaban J connectivity index is 1.90. The molecule has 2 aliphatic rings. The van der Waals surface area contributed by atoms with Gasteiger partial charge in [-0.3, -0.25) is 0 Å². The molecule has 0 aliphatic heterocycles. The van der Waals surface area contributed by atoms with E-state index in [4.69, 9.17) is 0 Å². The van der Waals surface area contributed by atoms with Gasteiger partial charge < -0.3 is 10.4 Å². The second-order valence-electron chi connectivity index (χ2n) is 6.98. The third kappa shape index (κ3) is 4.25. The summed E-state index contributed by atoms with van der Waals surface area (Å²) < 4.78 is 14.3. The van der Waals surface area contributed by atoms with Crippen molar-refractivity contribution in [1.29, 1.82) is 0 Å². The molecule has 1 heterocycles. The van der Waals surface area contributed by atoms with E-state index in [0.29, 0.717) is 48.0 Å². The Labute approximate surface area is 136 Å². The lowest BCUT2D eigenvalue weighted by atomic mass is 9.95. The molecular formula is C17H25FN4O. The van der Waals surface area contributed by atoms with Crippen LogP contribution in [0.5, 0.6) is 0 Å². The van der Waals surface area contributed by atoms with Gasteiger partial charge in [-0.05, 0) is 44.4 Å². The largest absolute Gasteiger partial charge is 0.386 e. The van der Waals surface area contributed by atoms with Crippen molar-refractivity contribution < 1.29 is 9.50 Å². The first-order chi connectivity index (χ1) is 11.0. The fraction of sp³-hybridized carbons (Fsp3) is 0.706. The molecule has 1 unspecified atom stereocenters. The summed E-state index contributed by atoms with van der Waals surface area (Å²) >= 11 is 0. The van der Waals surface area contributed by atoms with E-state index in [1.807, 2.05) is 0 Å². The first-order valence-electron chi connectivity index (χ1n) is 8.61. The second-order valence-corrected chi connectivity index (χ2v) is 6.98. The third-order valence-corrected chi connectivity index (χ3v) is 4.29. The van der Waals surface area contributed by atoms with Gasteiger partial charge in [-0.25, -0.2) is 9.37 Å². The highest BCUT2D eigenvalue weighted by atomic mass is 19.1. The summed E-state index contributed by atoms with van der Waals surface area (Å²) in [5.41, 5.74) is 0.441. The molecule has 1 aromatic heterocycles. The quantitative estimate of drug-likeness (QED) is 0.842. The van der Waals surface area contributed by atoms with Crippen LogP contribution in [0.3, 0.4) is 0 Å². The van der Waals surface area contributed by atoms with Crippen molar-refractivity contribution in [2.45, 2.75) is 70.9 Å². The highest BCUT2D eigenvalue weighted by Gasteiger charge is 2.26. The summed E-state index contributed by atoms with van der Waals surface area (Å²) in [6.45, 7) is 4.32. The lowest BCUT2D eigenvalue weighted by molar-refractivity contribution is 0.165. The molecule has 1 fully saturated rings. The molecule has 6 heteroatoms. The van der Waals surface area contributed by atoms with Crippen LogP contribution in [-0.2, 0) is 6.42 Å². The molecule has 0 amide bonds. The van der Waals surface area contributed by atoms with E-state index in [-0.39, 0.29) is 0 Å². The van der Waals surface area contributed by atoms with Crippen molar-refractivity contribution >= 4 is 11.5 Å². The molecule has 0 aromatic carbocycles. The fourth-order valence-electron chi connectivity index (χ4n) is 2.70. The molecule has 0 saturated heterocycles. The molecule has 23 heavy (non-hydrogen) atoms. The standard InChI is InChI=1S/C17H25FN4O/c1-10(2)6-9-14-20-16(12-4-3-5-13(23)15(12)18)22-17(21-14)19-11-7-8-11/h10-11,13,23H,3-9H2,1-2H3,(H,19,20,21,22). The number of halogens is 1. The lowest BCUT2D eigenvalue weighted by Crippen LogP contribution is -2.17.